The number of likely N-dealkylation sites (N-methyl/N-ethyl adjacent to an activating group) is 1. The van der Waals surface area contributed by atoms with Gasteiger partial charge in [0.2, 0.25) is 0 Å². The summed E-state index contributed by atoms with van der Waals surface area (Å²) < 4.78 is 45.6. The third-order valence-electron chi connectivity index (χ3n) is 6.91. The average Bonchev–Trinajstić information content (AvgIpc) is 3.27. The number of hydrogen-bond donors (Lipinski definition) is 2. The summed E-state index contributed by atoms with van der Waals surface area (Å²) in [6.45, 7) is 3.69. The summed E-state index contributed by atoms with van der Waals surface area (Å²) in [6.07, 6.45) is 0.938. The Bertz CT molecular complexity index is 1760. The fourth-order valence-corrected chi connectivity index (χ4v) is 5.67. The third-order valence-corrected chi connectivity index (χ3v) is 8.21. The zero-order chi connectivity index (χ0) is 30.2. The number of carbonyl (C=O) groups is 1. The van der Waals surface area contributed by atoms with E-state index < -0.39 is 27.3 Å². The molecule has 220 valence electrons. The molecule has 3 aromatic carbocycles. The number of aromatic nitrogens is 2. The van der Waals surface area contributed by atoms with Crippen molar-refractivity contribution in [3.8, 4) is 5.75 Å². The van der Waals surface area contributed by atoms with Gasteiger partial charge in [-0.2, -0.15) is 0 Å². The lowest BCUT2D eigenvalue weighted by atomic mass is 9.95. The summed E-state index contributed by atoms with van der Waals surface area (Å²) in [4.78, 5) is 25.3. The van der Waals surface area contributed by atoms with Crippen LogP contribution < -0.4 is 15.0 Å². The highest BCUT2D eigenvalue weighted by atomic mass is 35.5. The molecule has 1 amide bonds. The first kappa shape index (κ1) is 29.5. The molecule has 3 heterocycles. The number of ether oxygens (including phenoxy) is 2. The monoisotopic (exact) mass is 613 g/mol. The molecule has 10 nitrogen and oxygen atoms in total. The minimum absolute atomic E-state index is 0.00120. The molecule has 4 aromatic rings. The van der Waals surface area contributed by atoms with E-state index in [-0.39, 0.29) is 10.7 Å². The summed E-state index contributed by atoms with van der Waals surface area (Å²) in [5, 5.41) is 3.57. The maximum absolute atomic E-state index is 14.4. The van der Waals surface area contributed by atoms with Crippen LogP contribution in [-0.2, 0) is 14.5 Å². The SMILES string of the molecule is C=S(=O)(O)c1ccc(C)cc1.COc1cc2ncnc(Nc3cccc(Cl)c3F)c2cc1N1CC2(CN(C)C2)OC1=O. The molecule has 2 saturated heterocycles. The normalized spacial score (nSPS) is 17.2. The molecule has 1 spiro atoms. The van der Waals surface area contributed by atoms with E-state index in [9.17, 15) is 13.4 Å². The third kappa shape index (κ3) is 5.97. The van der Waals surface area contributed by atoms with E-state index in [0.29, 0.717) is 52.7 Å². The highest BCUT2D eigenvalue weighted by Gasteiger charge is 2.53. The first-order valence-corrected chi connectivity index (χ1v) is 14.8. The molecule has 42 heavy (non-hydrogen) atoms. The zero-order valence-electron chi connectivity index (χ0n) is 23.1. The van der Waals surface area contributed by atoms with Crippen molar-refractivity contribution in [2.24, 2.45) is 0 Å². The number of fused-ring (bicyclic) bond motifs is 1. The number of nitrogens with one attached hydrogen (secondary N) is 1. The lowest BCUT2D eigenvalue weighted by Crippen LogP contribution is -2.62. The van der Waals surface area contributed by atoms with Gasteiger partial charge in [0.05, 0.1) is 40.5 Å². The second kappa shape index (κ2) is 11.4. The van der Waals surface area contributed by atoms with Crippen molar-refractivity contribution >= 4 is 61.5 Å². The molecule has 0 radical (unpaired) electrons. The van der Waals surface area contributed by atoms with Gasteiger partial charge in [-0.15, -0.1) is 0 Å². The average molecular weight is 614 g/mol. The van der Waals surface area contributed by atoms with Crippen LogP contribution >= 0.6 is 11.6 Å². The van der Waals surface area contributed by atoms with Gasteiger partial charge in [0.15, 0.2) is 11.4 Å². The van der Waals surface area contributed by atoms with Crippen molar-refractivity contribution in [1.82, 2.24) is 14.9 Å². The smallest absolute Gasteiger partial charge is 0.415 e. The van der Waals surface area contributed by atoms with Crippen LogP contribution in [0.5, 0.6) is 5.75 Å². The van der Waals surface area contributed by atoms with E-state index >= 15 is 0 Å². The van der Waals surface area contributed by atoms with Crippen molar-refractivity contribution in [2.75, 3.05) is 44.0 Å². The van der Waals surface area contributed by atoms with Crippen molar-refractivity contribution in [1.29, 1.82) is 0 Å². The molecule has 2 aliphatic heterocycles. The molecule has 2 N–H and O–H groups in total. The summed E-state index contributed by atoms with van der Waals surface area (Å²) in [6, 6.07) is 15.0. The molecule has 1 unspecified atom stereocenters. The fraction of sp³-hybridized carbons (Fsp3) is 0.241. The molecule has 6 rings (SSSR count). The minimum atomic E-state index is -3.02. The molecular weight excluding hydrogens is 585 g/mol. The number of halogens is 2. The summed E-state index contributed by atoms with van der Waals surface area (Å²) >= 11 is 5.90. The van der Waals surface area contributed by atoms with Gasteiger partial charge in [0, 0.05) is 24.5 Å². The van der Waals surface area contributed by atoms with Gasteiger partial charge in [0.25, 0.3) is 0 Å². The maximum atomic E-state index is 14.4. The van der Waals surface area contributed by atoms with Gasteiger partial charge in [-0.1, -0.05) is 35.4 Å². The van der Waals surface area contributed by atoms with E-state index in [2.05, 4.69) is 26.1 Å². The number of amides is 1. The summed E-state index contributed by atoms with van der Waals surface area (Å²) in [5.74, 6) is 3.43. The Labute approximate surface area is 247 Å². The maximum Gasteiger partial charge on any atom is 0.415 e. The van der Waals surface area contributed by atoms with Crippen LogP contribution in [-0.4, -0.2) is 75.0 Å². The fourth-order valence-electron chi connectivity index (χ4n) is 4.94. The number of anilines is 3. The summed E-state index contributed by atoms with van der Waals surface area (Å²) in [5.41, 5.74) is 1.85. The molecule has 0 bridgehead atoms. The van der Waals surface area contributed by atoms with Gasteiger partial charge in [-0.05, 0) is 50.2 Å². The Morgan fingerprint density at radius 2 is 1.88 bits per heavy atom. The van der Waals surface area contributed by atoms with E-state index in [1.807, 2.05) is 14.0 Å². The Hall–Kier alpha value is -3.97. The van der Waals surface area contributed by atoms with Crippen LogP contribution in [0.15, 0.2) is 65.8 Å². The Morgan fingerprint density at radius 1 is 1.17 bits per heavy atom. The Morgan fingerprint density at radius 3 is 2.52 bits per heavy atom. The number of rotatable bonds is 5. The number of hydrogen-bond acceptors (Lipinski definition) is 8. The van der Waals surface area contributed by atoms with Crippen LogP contribution in [0, 0.1) is 12.7 Å². The van der Waals surface area contributed by atoms with Crippen LogP contribution in [0.25, 0.3) is 10.9 Å². The van der Waals surface area contributed by atoms with Gasteiger partial charge < -0.3 is 19.3 Å². The van der Waals surface area contributed by atoms with Crippen LogP contribution in [0.4, 0.5) is 26.4 Å². The molecular formula is C29H29ClFN5O5S. The van der Waals surface area contributed by atoms with Crippen LogP contribution in [0.2, 0.25) is 5.02 Å². The van der Waals surface area contributed by atoms with Crippen LogP contribution in [0.3, 0.4) is 0 Å². The highest BCUT2D eigenvalue weighted by molar-refractivity contribution is 7.95. The Kier molecular flexibility index (Phi) is 7.99. The first-order chi connectivity index (χ1) is 19.9. The van der Waals surface area contributed by atoms with Crippen molar-refractivity contribution in [3.63, 3.8) is 0 Å². The van der Waals surface area contributed by atoms with Crippen molar-refractivity contribution in [3.05, 3.63) is 77.3 Å². The first-order valence-electron chi connectivity index (χ1n) is 12.8. The molecule has 2 fully saturated rings. The van der Waals surface area contributed by atoms with Gasteiger partial charge in [-0.25, -0.2) is 23.4 Å². The van der Waals surface area contributed by atoms with Crippen LogP contribution in [0.1, 0.15) is 5.56 Å². The lowest BCUT2D eigenvalue weighted by Gasteiger charge is -2.43. The molecule has 1 aromatic heterocycles. The van der Waals surface area contributed by atoms with E-state index in [1.54, 1.807) is 53.4 Å². The van der Waals surface area contributed by atoms with Gasteiger partial charge >= 0.3 is 6.09 Å². The number of benzene rings is 3. The number of aryl methyl sites for hydroxylation is 1. The van der Waals surface area contributed by atoms with Gasteiger partial charge in [0.1, 0.15) is 27.7 Å². The quantitative estimate of drug-likeness (QED) is 0.287. The number of likely N-dealkylation sites (tertiary alicyclic amines) is 1. The summed E-state index contributed by atoms with van der Waals surface area (Å²) in [7, 11) is 0.484. The molecule has 2 aliphatic rings. The van der Waals surface area contributed by atoms with Crippen molar-refractivity contribution in [2.45, 2.75) is 17.4 Å². The zero-order valence-corrected chi connectivity index (χ0v) is 24.7. The van der Waals surface area contributed by atoms with E-state index in [1.165, 1.54) is 19.5 Å². The predicted molar refractivity (Wildman–Crippen MR) is 162 cm³/mol. The second-order valence-corrected chi connectivity index (χ2v) is 12.4. The van der Waals surface area contributed by atoms with Crippen molar-refractivity contribution < 1.29 is 27.4 Å². The molecule has 0 saturated carbocycles. The molecule has 13 heteroatoms. The van der Waals surface area contributed by atoms with Gasteiger partial charge in [-0.3, -0.25) is 9.80 Å². The van der Waals surface area contributed by atoms with E-state index in [4.69, 9.17) is 25.6 Å². The number of methoxy groups -OCH3 is 1. The second-order valence-electron chi connectivity index (χ2n) is 10.3. The highest BCUT2D eigenvalue weighted by Crippen LogP contribution is 2.41. The Balaban J connectivity index is 0.000000271. The minimum Gasteiger partial charge on any atom is -0.494 e. The predicted octanol–water partition coefficient (Wildman–Crippen LogP) is 5.36. The molecule has 1 atom stereocenters. The van der Waals surface area contributed by atoms with E-state index in [0.717, 1.165) is 5.56 Å². The number of nitrogens with zero attached hydrogens (tertiary/aromatic N) is 4. The standard InChI is InChI=1S/C21H19ClFN5O3.C8H10O2S/c1-27-8-21(9-27)10-28(20(29)31-21)16-6-12-15(7-17(16)30-2)24-11-25-19(12)26-14-5-3-4-13(22)18(14)23;1-7-3-5-8(6-4-7)11(2,9)10/h3-7,11H,8-10H2,1-2H3,(H,24,25,26);3-6H,2H2,1H3,(H,9,10). The molecule has 0 aliphatic carbocycles. The number of carbonyl (C=O) groups excluding carboxylic acids is 1. The topological polar surface area (TPSA) is 117 Å². The lowest BCUT2D eigenvalue weighted by molar-refractivity contribution is -0.0599. The largest absolute Gasteiger partial charge is 0.494 e.